The second kappa shape index (κ2) is 3.93. The summed E-state index contributed by atoms with van der Waals surface area (Å²) in [5.74, 6) is -0.0545. The molecule has 1 unspecified atom stereocenters. The lowest BCUT2D eigenvalue weighted by Crippen LogP contribution is -2.12. The molecule has 1 heterocycles. The largest absolute Gasteiger partial charge is 0.299 e. The highest BCUT2D eigenvalue weighted by molar-refractivity contribution is 5.93. The Hall–Kier alpha value is -1.51. The average Bonchev–Trinajstić information content (AvgIpc) is 2.17. The Bertz CT molecular complexity index is 426. The number of Topliss-reactive ketones (excluding diaryl/α,β-unsaturated/α-hetero) is 1. The van der Waals surface area contributed by atoms with Crippen molar-refractivity contribution in [3.63, 3.8) is 0 Å². The number of rotatable bonds is 1. The van der Waals surface area contributed by atoms with Crippen molar-refractivity contribution in [3.05, 3.63) is 35.1 Å². The van der Waals surface area contributed by atoms with E-state index in [9.17, 15) is 9.18 Å². The SMILES string of the molecule is Cc1cc(F)ccc1C1CC(=O)CC=N1. The number of halogens is 1. The van der Waals surface area contributed by atoms with Gasteiger partial charge in [0.1, 0.15) is 11.6 Å². The summed E-state index contributed by atoms with van der Waals surface area (Å²) in [7, 11) is 0. The fourth-order valence-electron chi connectivity index (χ4n) is 1.84. The second-order valence-corrected chi connectivity index (χ2v) is 3.80. The zero-order chi connectivity index (χ0) is 10.8. The van der Waals surface area contributed by atoms with Crippen molar-refractivity contribution in [2.45, 2.75) is 25.8 Å². The first-order valence-corrected chi connectivity index (χ1v) is 4.96. The van der Waals surface area contributed by atoms with Crippen LogP contribution in [0.25, 0.3) is 0 Å². The first-order chi connectivity index (χ1) is 7.16. The maximum atomic E-state index is 12.9. The summed E-state index contributed by atoms with van der Waals surface area (Å²) in [5.41, 5.74) is 1.80. The molecule has 1 aliphatic heterocycles. The Morgan fingerprint density at radius 1 is 1.47 bits per heavy atom. The lowest BCUT2D eigenvalue weighted by atomic mass is 9.95. The summed E-state index contributed by atoms with van der Waals surface area (Å²) in [6.07, 6.45) is 2.51. The van der Waals surface area contributed by atoms with Crippen LogP contribution in [0.5, 0.6) is 0 Å². The van der Waals surface area contributed by atoms with Crippen LogP contribution in [0.1, 0.15) is 30.0 Å². The molecule has 1 atom stereocenters. The highest BCUT2D eigenvalue weighted by Gasteiger charge is 2.19. The maximum absolute atomic E-state index is 12.9. The van der Waals surface area contributed by atoms with Crippen LogP contribution in [0.2, 0.25) is 0 Å². The molecule has 1 aromatic rings. The molecule has 78 valence electrons. The molecule has 3 heteroatoms. The van der Waals surface area contributed by atoms with Crippen LogP contribution in [-0.4, -0.2) is 12.0 Å². The fourth-order valence-corrected chi connectivity index (χ4v) is 1.84. The van der Waals surface area contributed by atoms with Crippen molar-refractivity contribution >= 4 is 12.0 Å². The van der Waals surface area contributed by atoms with Gasteiger partial charge in [-0.15, -0.1) is 0 Å². The highest BCUT2D eigenvalue weighted by Crippen LogP contribution is 2.27. The van der Waals surface area contributed by atoms with Gasteiger partial charge in [-0.2, -0.15) is 0 Å². The van der Waals surface area contributed by atoms with Gasteiger partial charge >= 0.3 is 0 Å². The number of hydrogen-bond acceptors (Lipinski definition) is 2. The third-order valence-corrected chi connectivity index (χ3v) is 2.62. The molecule has 15 heavy (non-hydrogen) atoms. The van der Waals surface area contributed by atoms with Gasteiger partial charge in [0.25, 0.3) is 0 Å². The normalized spacial score (nSPS) is 20.7. The molecule has 0 aliphatic carbocycles. The third kappa shape index (κ3) is 2.12. The molecule has 0 aromatic heterocycles. The molecular weight excluding hydrogens is 193 g/mol. The van der Waals surface area contributed by atoms with Crippen LogP contribution in [0.4, 0.5) is 4.39 Å². The van der Waals surface area contributed by atoms with Gasteiger partial charge in [-0.3, -0.25) is 9.79 Å². The zero-order valence-electron chi connectivity index (χ0n) is 8.53. The van der Waals surface area contributed by atoms with E-state index in [0.29, 0.717) is 12.8 Å². The topological polar surface area (TPSA) is 29.4 Å². The van der Waals surface area contributed by atoms with E-state index in [1.807, 2.05) is 6.92 Å². The minimum absolute atomic E-state index is 0.119. The Kier molecular flexibility index (Phi) is 2.62. The Labute approximate surface area is 87.8 Å². The summed E-state index contributed by atoms with van der Waals surface area (Å²) in [6, 6.07) is 4.48. The van der Waals surface area contributed by atoms with Crippen molar-refractivity contribution in [2.24, 2.45) is 4.99 Å². The standard InChI is InChI=1S/C12H12FNO/c1-8-6-9(13)2-3-11(8)12-7-10(15)4-5-14-12/h2-3,5-6,12H,4,7H2,1H3. The molecule has 0 N–H and O–H groups in total. The lowest BCUT2D eigenvalue weighted by molar-refractivity contribution is -0.118. The van der Waals surface area contributed by atoms with Crippen molar-refractivity contribution in [3.8, 4) is 0 Å². The van der Waals surface area contributed by atoms with Crippen LogP contribution >= 0.6 is 0 Å². The van der Waals surface area contributed by atoms with Crippen LogP contribution in [0.3, 0.4) is 0 Å². The van der Waals surface area contributed by atoms with Crippen LogP contribution in [0, 0.1) is 12.7 Å². The molecule has 1 aromatic carbocycles. The molecule has 0 saturated heterocycles. The van der Waals surface area contributed by atoms with E-state index in [4.69, 9.17) is 0 Å². The Balaban J connectivity index is 2.33. The number of ketones is 1. The van der Waals surface area contributed by atoms with Crippen LogP contribution < -0.4 is 0 Å². The number of aryl methyl sites for hydroxylation is 1. The van der Waals surface area contributed by atoms with Crippen molar-refractivity contribution in [2.75, 3.05) is 0 Å². The van der Waals surface area contributed by atoms with E-state index in [1.54, 1.807) is 12.3 Å². The van der Waals surface area contributed by atoms with Gasteiger partial charge in [-0.05, 0) is 30.2 Å². The Morgan fingerprint density at radius 3 is 2.93 bits per heavy atom. The van der Waals surface area contributed by atoms with E-state index in [-0.39, 0.29) is 17.6 Å². The number of hydrogen-bond donors (Lipinski definition) is 0. The fraction of sp³-hybridized carbons (Fsp3) is 0.333. The van der Waals surface area contributed by atoms with Gasteiger partial charge in [-0.1, -0.05) is 6.07 Å². The number of benzene rings is 1. The molecule has 0 bridgehead atoms. The minimum atomic E-state index is -0.248. The Morgan fingerprint density at radius 2 is 2.27 bits per heavy atom. The summed E-state index contributed by atoms with van der Waals surface area (Å²) in [4.78, 5) is 15.5. The van der Waals surface area contributed by atoms with Crippen LogP contribution in [-0.2, 0) is 4.79 Å². The van der Waals surface area contributed by atoms with E-state index in [0.717, 1.165) is 11.1 Å². The molecule has 2 nitrogen and oxygen atoms in total. The van der Waals surface area contributed by atoms with Gasteiger partial charge in [0.2, 0.25) is 0 Å². The summed E-state index contributed by atoms with van der Waals surface area (Å²) in [5, 5.41) is 0. The molecule has 0 saturated carbocycles. The zero-order valence-corrected chi connectivity index (χ0v) is 8.53. The molecule has 0 radical (unpaired) electrons. The minimum Gasteiger partial charge on any atom is -0.299 e. The van der Waals surface area contributed by atoms with Gasteiger partial charge in [0.15, 0.2) is 0 Å². The highest BCUT2D eigenvalue weighted by atomic mass is 19.1. The molecule has 2 rings (SSSR count). The molecule has 0 amide bonds. The quantitative estimate of drug-likeness (QED) is 0.693. The number of aliphatic imine (C=N–C) groups is 1. The average molecular weight is 205 g/mol. The molecule has 0 fully saturated rings. The number of carbonyl (C=O) groups excluding carboxylic acids is 1. The van der Waals surface area contributed by atoms with Gasteiger partial charge < -0.3 is 0 Å². The third-order valence-electron chi connectivity index (χ3n) is 2.62. The first-order valence-electron chi connectivity index (χ1n) is 4.96. The first kappa shape index (κ1) is 10.0. The van der Waals surface area contributed by atoms with E-state index < -0.39 is 0 Å². The predicted octanol–water partition coefficient (Wildman–Crippen LogP) is 2.61. The monoisotopic (exact) mass is 205 g/mol. The van der Waals surface area contributed by atoms with E-state index in [2.05, 4.69) is 4.99 Å². The summed E-state index contributed by atoms with van der Waals surface area (Å²) >= 11 is 0. The van der Waals surface area contributed by atoms with Crippen molar-refractivity contribution in [1.82, 2.24) is 0 Å². The van der Waals surface area contributed by atoms with Gasteiger partial charge in [0.05, 0.1) is 6.04 Å². The smallest absolute Gasteiger partial charge is 0.140 e. The predicted molar refractivity (Wildman–Crippen MR) is 56.6 cm³/mol. The maximum Gasteiger partial charge on any atom is 0.140 e. The van der Waals surface area contributed by atoms with Gasteiger partial charge in [-0.25, -0.2) is 4.39 Å². The summed E-state index contributed by atoms with van der Waals surface area (Å²) in [6.45, 7) is 1.84. The second-order valence-electron chi connectivity index (χ2n) is 3.80. The summed E-state index contributed by atoms with van der Waals surface area (Å²) < 4.78 is 12.9. The van der Waals surface area contributed by atoms with E-state index in [1.165, 1.54) is 12.1 Å². The van der Waals surface area contributed by atoms with Crippen molar-refractivity contribution < 1.29 is 9.18 Å². The molecular formula is C12H12FNO. The number of carbonyl (C=O) groups is 1. The molecule has 1 aliphatic rings. The lowest BCUT2D eigenvalue weighted by Gasteiger charge is -2.17. The molecule has 0 spiro atoms. The van der Waals surface area contributed by atoms with Crippen molar-refractivity contribution in [1.29, 1.82) is 0 Å². The number of nitrogens with zero attached hydrogens (tertiary/aromatic N) is 1. The van der Waals surface area contributed by atoms with Gasteiger partial charge in [0, 0.05) is 19.1 Å². The van der Waals surface area contributed by atoms with Crippen LogP contribution in [0.15, 0.2) is 23.2 Å². The van der Waals surface area contributed by atoms with E-state index >= 15 is 0 Å².